The molecule has 0 spiro atoms. The highest BCUT2D eigenvalue weighted by Crippen LogP contribution is 2.34. The summed E-state index contributed by atoms with van der Waals surface area (Å²) in [5.41, 5.74) is 0. The van der Waals surface area contributed by atoms with E-state index in [4.69, 9.17) is 11.1 Å². The molecule has 0 heterocycles. The average molecular weight is 295 g/mol. The lowest BCUT2D eigenvalue weighted by molar-refractivity contribution is 1.45. The second kappa shape index (κ2) is 7.16. The van der Waals surface area contributed by atoms with Crippen LogP contribution in [0.4, 0.5) is 0 Å². The zero-order valence-corrected chi connectivity index (χ0v) is 12.4. The molecule has 0 aliphatic heterocycles. The summed E-state index contributed by atoms with van der Waals surface area (Å²) in [6.45, 7) is 0. The zero-order chi connectivity index (χ0) is 11.9. The van der Waals surface area contributed by atoms with Crippen LogP contribution in [0.2, 0.25) is 0 Å². The van der Waals surface area contributed by atoms with Crippen LogP contribution in [0.1, 0.15) is 0 Å². The maximum Gasteiger partial charge on any atom is 0.199 e. The van der Waals surface area contributed by atoms with Crippen LogP contribution >= 0.6 is 34.6 Å². The number of rotatable bonds is 5. The summed E-state index contributed by atoms with van der Waals surface area (Å²) >= 11 is 9.71. The third kappa shape index (κ3) is 4.43. The molecular weight excluding hydrogens is 284 g/mol. The van der Waals surface area contributed by atoms with E-state index in [2.05, 4.69) is 48.5 Å². The van der Waals surface area contributed by atoms with Crippen LogP contribution in [-0.4, -0.2) is 13.0 Å². The largest absolute Gasteiger partial charge is 0.199 e. The first-order valence-electron chi connectivity index (χ1n) is 5.18. The van der Waals surface area contributed by atoms with Crippen LogP contribution in [0.15, 0.2) is 70.5 Å². The molecular formula is C13H11ClS2Si. The Morgan fingerprint density at radius 1 is 0.765 bits per heavy atom. The fraction of sp³-hybridized carbons (Fsp3) is 0.0769. The third-order valence-electron chi connectivity index (χ3n) is 2.06. The molecule has 2 radical (unpaired) electrons. The SMILES string of the molecule is Cl[Si]C(Sc1ccccc1)Sc1ccccc1. The number of thioether (sulfide) groups is 2. The predicted octanol–water partition coefficient (Wildman–Crippen LogP) is 4.71. The summed E-state index contributed by atoms with van der Waals surface area (Å²) in [6, 6.07) is 20.8. The molecule has 4 heteroatoms. The van der Waals surface area contributed by atoms with Gasteiger partial charge in [-0.25, -0.2) is 0 Å². The Balaban J connectivity index is 1.98. The third-order valence-corrected chi connectivity index (χ3v) is 7.18. The van der Waals surface area contributed by atoms with Crippen LogP contribution < -0.4 is 0 Å². The van der Waals surface area contributed by atoms with E-state index in [1.165, 1.54) is 9.79 Å². The average Bonchev–Trinajstić information content (AvgIpc) is 2.40. The van der Waals surface area contributed by atoms with Gasteiger partial charge in [0.15, 0.2) is 8.83 Å². The Morgan fingerprint density at radius 2 is 1.18 bits per heavy atom. The minimum absolute atomic E-state index is 0.376. The highest BCUT2D eigenvalue weighted by Gasteiger charge is 2.12. The van der Waals surface area contributed by atoms with Crippen molar-refractivity contribution in [3.8, 4) is 0 Å². The van der Waals surface area contributed by atoms with Crippen molar-refractivity contribution in [3.05, 3.63) is 60.7 Å². The second-order valence-corrected chi connectivity index (χ2v) is 8.25. The Morgan fingerprint density at radius 3 is 1.53 bits per heavy atom. The number of hydrogen-bond acceptors (Lipinski definition) is 2. The molecule has 86 valence electrons. The Labute approximate surface area is 118 Å². The zero-order valence-electron chi connectivity index (χ0n) is 9.05. The van der Waals surface area contributed by atoms with E-state index >= 15 is 0 Å². The molecule has 0 saturated heterocycles. The van der Waals surface area contributed by atoms with E-state index in [0.29, 0.717) is 13.0 Å². The molecule has 0 N–H and O–H groups in total. The first-order chi connectivity index (χ1) is 8.38. The van der Waals surface area contributed by atoms with Crippen molar-refractivity contribution in [2.24, 2.45) is 0 Å². The molecule has 0 unspecified atom stereocenters. The van der Waals surface area contributed by atoms with Gasteiger partial charge in [-0.3, -0.25) is 0 Å². The molecule has 0 atom stereocenters. The van der Waals surface area contributed by atoms with Gasteiger partial charge in [0, 0.05) is 9.79 Å². The summed E-state index contributed by atoms with van der Waals surface area (Å²) in [5.74, 6) is 0. The van der Waals surface area contributed by atoms with E-state index in [0.717, 1.165) is 0 Å². The van der Waals surface area contributed by atoms with Gasteiger partial charge < -0.3 is 0 Å². The molecule has 2 rings (SSSR count). The van der Waals surface area contributed by atoms with E-state index < -0.39 is 0 Å². The van der Waals surface area contributed by atoms with Gasteiger partial charge in [0.05, 0.1) is 4.21 Å². The van der Waals surface area contributed by atoms with Crippen LogP contribution in [0.5, 0.6) is 0 Å². The fourth-order valence-corrected chi connectivity index (χ4v) is 5.27. The minimum Gasteiger partial charge on any atom is -0.169 e. The maximum atomic E-state index is 6.05. The Kier molecular flexibility index (Phi) is 5.51. The fourth-order valence-electron chi connectivity index (χ4n) is 1.31. The number of benzene rings is 2. The summed E-state index contributed by atoms with van der Waals surface area (Å²) in [7, 11) is 0.398. The van der Waals surface area contributed by atoms with Crippen molar-refractivity contribution in [1.82, 2.24) is 0 Å². The molecule has 0 aliphatic carbocycles. The summed E-state index contributed by atoms with van der Waals surface area (Å²) < 4.78 is 0.376. The first kappa shape index (κ1) is 13.1. The summed E-state index contributed by atoms with van der Waals surface area (Å²) in [5, 5.41) is 0. The lowest BCUT2D eigenvalue weighted by Crippen LogP contribution is -2.01. The Bertz CT molecular complexity index is 394. The van der Waals surface area contributed by atoms with Crippen LogP contribution in [0, 0.1) is 0 Å². The van der Waals surface area contributed by atoms with Crippen molar-refractivity contribution in [3.63, 3.8) is 0 Å². The van der Waals surface area contributed by atoms with Gasteiger partial charge in [-0.15, -0.1) is 23.5 Å². The van der Waals surface area contributed by atoms with Crippen molar-refractivity contribution in [2.75, 3.05) is 0 Å². The highest BCUT2D eigenvalue weighted by atomic mass is 35.6. The van der Waals surface area contributed by atoms with E-state index in [-0.39, 0.29) is 0 Å². The van der Waals surface area contributed by atoms with Crippen LogP contribution in [0.3, 0.4) is 0 Å². The van der Waals surface area contributed by atoms with Gasteiger partial charge in [0.1, 0.15) is 0 Å². The minimum atomic E-state index is 0.376. The summed E-state index contributed by atoms with van der Waals surface area (Å²) in [4.78, 5) is 2.54. The number of hydrogen-bond donors (Lipinski definition) is 0. The van der Waals surface area contributed by atoms with Gasteiger partial charge >= 0.3 is 0 Å². The molecule has 0 aliphatic rings. The van der Waals surface area contributed by atoms with Gasteiger partial charge in [0.2, 0.25) is 0 Å². The smallest absolute Gasteiger partial charge is 0.169 e. The van der Waals surface area contributed by atoms with Crippen LogP contribution in [-0.2, 0) is 0 Å². The molecule has 0 amide bonds. The lowest BCUT2D eigenvalue weighted by Gasteiger charge is -2.12. The Hall–Kier alpha value is -0.353. The van der Waals surface area contributed by atoms with E-state index in [1.807, 2.05) is 35.7 Å². The molecule has 2 aromatic rings. The number of halogens is 1. The van der Waals surface area contributed by atoms with E-state index in [9.17, 15) is 0 Å². The maximum absolute atomic E-state index is 6.05. The normalized spacial score (nSPS) is 10.7. The van der Waals surface area contributed by atoms with Crippen molar-refractivity contribution < 1.29 is 0 Å². The summed E-state index contributed by atoms with van der Waals surface area (Å²) in [6.07, 6.45) is 0. The van der Waals surface area contributed by atoms with Crippen molar-refractivity contribution >= 4 is 43.4 Å². The lowest BCUT2D eigenvalue weighted by atomic mass is 10.4. The molecule has 0 nitrogen and oxygen atoms in total. The van der Waals surface area contributed by atoms with Crippen molar-refractivity contribution in [2.45, 2.75) is 14.0 Å². The van der Waals surface area contributed by atoms with Gasteiger partial charge in [-0.1, -0.05) is 36.4 Å². The molecule has 0 aromatic heterocycles. The topological polar surface area (TPSA) is 0 Å². The quantitative estimate of drug-likeness (QED) is 0.339. The van der Waals surface area contributed by atoms with Gasteiger partial charge in [-0.05, 0) is 24.3 Å². The highest BCUT2D eigenvalue weighted by molar-refractivity contribution is 8.19. The second-order valence-electron chi connectivity index (χ2n) is 3.30. The predicted molar refractivity (Wildman–Crippen MR) is 80.0 cm³/mol. The monoisotopic (exact) mass is 294 g/mol. The molecule has 0 bridgehead atoms. The van der Waals surface area contributed by atoms with Gasteiger partial charge in [0.25, 0.3) is 0 Å². The molecule has 0 fully saturated rings. The molecule has 2 aromatic carbocycles. The van der Waals surface area contributed by atoms with E-state index in [1.54, 1.807) is 0 Å². The standard InChI is InChI=1S/C13H11ClS2Si/c14-17-13(15-11-7-3-1-4-8-11)16-12-9-5-2-6-10-12/h1-10,13H. The van der Waals surface area contributed by atoms with Crippen molar-refractivity contribution in [1.29, 1.82) is 0 Å². The van der Waals surface area contributed by atoms with Crippen LogP contribution in [0.25, 0.3) is 0 Å². The molecule has 0 saturated carbocycles. The van der Waals surface area contributed by atoms with Gasteiger partial charge in [-0.2, -0.15) is 11.1 Å². The first-order valence-corrected chi connectivity index (χ1v) is 9.03. The molecule has 17 heavy (non-hydrogen) atoms.